The van der Waals surface area contributed by atoms with Crippen LogP contribution in [0.4, 0.5) is 10.1 Å². The number of amides is 2. The summed E-state index contributed by atoms with van der Waals surface area (Å²) < 4.78 is 18.9. The zero-order valence-electron chi connectivity index (χ0n) is 12.9. The Balaban J connectivity index is 2.46. The summed E-state index contributed by atoms with van der Waals surface area (Å²) in [5.41, 5.74) is 0.574. The van der Waals surface area contributed by atoms with Crippen molar-refractivity contribution in [2.24, 2.45) is 5.92 Å². The van der Waals surface area contributed by atoms with E-state index in [0.29, 0.717) is 12.1 Å². The average molecular weight is 309 g/mol. The molecule has 0 saturated heterocycles. The van der Waals surface area contributed by atoms with Gasteiger partial charge in [-0.15, -0.1) is 0 Å². The Kier molecular flexibility index (Phi) is 5.07. The van der Waals surface area contributed by atoms with Crippen molar-refractivity contribution in [2.45, 2.75) is 32.9 Å². The lowest BCUT2D eigenvalue weighted by Gasteiger charge is -2.32. The van der Waals surface area contributed by atoms with Crippen LogP contribution < -0.4 is 5.32 Å². The Bertz CT molecular complexity index is 579. The minimum Gasteiger partial charge on any atom is -0.375 e. The molecule has 6 nitrogen and oxygen atoms in total. The van der Waals surface area contributed by atoms with Gasteiger partial charge in [0.1, 0.15) is 18.5 Å². The topological polar surface area (TPSA) is 71.5 Å². The zero-order chi connectivity index (χ0) is 16.3. The van der Waals surface area contributed by atoms with E-state index < -0.39 is 11.9 Å². The summed E-state index contributed by atoms with van der Waals surface area (Å²) in [5.74, 6) is -1.28. The molecular formula is C15H20FN3O3. The fourth-order valence-electron chi connectivity index (χ4n) is 2.59. The lowest BCUT2D eigenvalue weighted by molar-refractivity contribution is -0.144. The van der Waals surface area contributed by atoms with Crippen molar-refractivity contribution in [2.75, 3.05) is 19.0 Å². The molecule has 1 N–H and O–H groups in total. The number of pyridine rings is 1. The molecule has 1 aromatic rings. The van der Waals surface area contributed by atoms with E-state index in [-0.39, 0.29) is 36.4 Å². The highest BCUT2D eigenvalue weighted by Crippen LogP contribution is 2.28. The summed E-state index contributed by atoms with van der Waals surface area (Å²) in [5, 5.41) is 2.68. The maximum Gasteiger partial charge on any atom is 0.249 e. The van der Waals surface area contributed by atoms with Crippen molar-refractivity contribution in [1.29, 1.82) is 0 Å². The van der Waals surface area contributed by atoms with Crippen LogP contribution in [0.2, 0.25) is 0 Å². The molecule has 0 bridgehead atoms. The Labute approximate surface area is 128 Å². The van der Waals surface area contributed by atoms with Crippen LogP contribution in [-0.2, 0) is 20.9 Å². The number of fused-ring (bicyclic) bond motifs is 1. The van der Waals surface area contributed by atoms with Crippen molar-refractivity contribution in [3.8, 4) is 0 Å². The van der Waals surface area contributed by atoms with Crippen LogP contribution in [0.25, 0.3) is 0 Å². The highest BCUT2D eigenvalue weighted by molar-refractivity contribution is 5.99. The molecule has 1 aliphatic heterocycles. The molecule has 0 aliphatic carbocycles. The summed E-state index contributed by atoms with van der Waals surface area (Å²) in [7, 11) is 1.41. The predicted octanol–water partition coefficient (Wildman–Crippen LogP) is 1.56. The molecule has 0 spiro atoms. The molecule has 2 heterocycles. The minimum absolute atomic E-state index is 0.0135. The number of aromatic nitrogens is 1. The van der Waals surface area contributed by atoms with Gasteiger partial charge >= 0.3 is 0 Å². The molecule has 22 heavy (non-hydrogen) atoms. The van der Waals surface area contributed by atoms with Gasteiger partial charge in [-0.2, -0.15) is 0 Å². The zero-order valence-corrected chi connectivity index (χ0v) is 12.9. The van der Waals surface area contributed by atoms with E-state index in [0.717, 1.165) is 6.20 Å². The van der Waals surface area contributed by atoms with E-state index in [9.17, 15) is 14.0 Å². The molecule has 2 amide bonds. The number of rotatable bonds is 4. The molecule has 120 valence electrons. The fourth-order valence-corrected chi connectivity index (χ4v) is 2.59. The van der Waals surface area contributed by atoms with E-state index in [1.165, 1.54) is 18.2 Å². The third-order valence-corrected chi connectivity index (χ3v) is 3.97. The Morgan fingerprint density at radius 1 is 1.59 bits per heavy atom. The molecule has 2 rings (SSSR count). The Hall–Kier alpha value is -2.02. The lowest BCUT2D eigenvalue weighted by atomic mass is 9.96. The molecule has 0 aromatic carbocycles. The molecule has 0 unspecified atom stereocenters. The summed E-state index contributed by atoms with van der Waals surface area (Å²) in [4.78, 5) is 30.0. The number of methoxy groups -OCH3 is 1. The van der Waals surface area contributed by atoms with Crippen molar-refractivity contribution in [3.05, 3.63) is 23.8 Å². The molecular weight excluding hydrogens is 289 g/mol. The SMILES string of the molecule is CC[C@H](C)[C@H]1C(=O)Nc2cncc(F)c2CN1C(=O)COC. The summed E-state index contributed by atoms with van der Waals surface area (Å²) >= 11 is 0. The molecule has 0 saturated carbocycles. The molecule has 2 atom stereocenters. The number of hydrogen-bond donors (Lipinski definition) is 1. The van der Waals surface area contributed by atoms with Crippen molar-refractivity contribution >= 4 is 17.5 Å². The van der Waals surface area contributed by atoms with Gasteiger partial charge in [-0.3, -0.25) is 14.6 Å². The maximum absolute atomic E-state index is 14.0. The van der Waals surface area contributed by atoms with Crippen molar-refractivity contribution < 1.29 is 18.7 Å². The second-order valence-corrected chi connectivity index (χ2v) is 5.42. The normalized spacial score (nSPS) is 19.2. The number of halogens is 1. The standard InChI is InChI=1S/C15H20FN3O3/c1-4-9(2)14-15(21)18-12-6-17-5-11(16)10(12)7-19(14)13(20)8-22-3/h5-6,9,14H,4,7-8H2,1-3H3,(H,18,21)/t9-,14-/m0/s1. The predicted molar refractivity (Wildman–Crippen MR) is 78.5 cm³/mol. The van der Waals surface area contributed by atoms with Crippen LogP contribution in [0.1, 0.15) is 25.8 Å². The quantitative estimate of drug-likeness (QED) is 0.916. The first-order chi connectivity index (χ1) is 10.5. The highest BCUT2D eigenvalue weighted by Gasteiger charge is 2.37. The molecule has 7 heteroatoms. The molecule has 1 aliphatic rings. The van der Waals surface area contributed by atoms with Gasteiger partial charge in [-0.25, -0.2) is 4.39 Å². The minimum atomic E-state index is -0.667. The summed E-state index contributed by atoms with van der Waals surface area (Å²) in [6.07, 6.45) is 3.19. The maximum atomic E-state index is 14.0. The largest absolute Gasteiger partial charge is 0.375 e. The van der Waals surface area contributed by atoms with E-state index >= 15 is 0 Å². The Morgan fingerprint density at radius 2 is 2.32 bits per heavy atom. The number of ether oxygens (including phenoxy) is 1. The van der Waals surface area contributed by atoms with Gasteiger partial charge in [0.25, 0.3) is 0 Å². The average Bonchev–Trinajstić information content (AvgIpc) is 2.63. The number of hydrogen-bond acceptors (Lipinski definition) is 4. The van der Waals surface area contributed by atoms with Gasteiger partial charge in [0.15, 0.2) is 0 Å². The van der Waals surface area contributed by atoms with Crippen LogP contribution in [-0.4, -0.2) is 41.5 Å². The van der Waals surface area contributed by atoms with Crippen LogP contribution in [0.3, 0.4) is 0 Å². The van der Waals surface area contributed by atoms with Gasteiger partial charge in [0, 0.05) is 12.7 Å². The van der Waals surface area contributed by atoms with Crippen LogP contribution in [0.5, 0.6) is 0 Å². The first kappa shape index (κ1) is 16.4. The number of carbonyl (C=O) groups is 2. The number of carbonyl (C=O) groups excluding carboxylic acids is 2. The third kappa shape index (κ3) is 3.09. The lowest BCUT2D eigenvalue weighted by Crippen LogP contribution is -2.50. The third-order valence-electron chi connectivity index (χ3n) is 3.97. The van der Waals surface area contributed by atoms with Gasteiger partial charge in [0.2, 0.25) is 11.8 Å². The smallest absolute Gasteiger partial charge is 0.249 e. The monoisotopic (exact) mass is 309 g/mol. The van der Waals surface area contributed by atoms with E-state index in [2.05, 4.69) is 10.3 Å². The molecule has 0 radical (unpaired) electrons. The first-order valence-corrected chi connectivity index (χ1v) is 7.21. The van der Waals surface area contributed by atoms with E-state index in [1.807, 2.05) is 13.8 Å². The number of anilines is 1. The van der Waals surface area contributed by atoms with Crippen molar-refractivity contribution in [1.82, 2.24) is 9.88 Å². The van der Waals surface area contributed by atoms with E-state index in [4.69, 9.17) is 4.74 Å². The van der Waals surface area contributed by atoms with Gasteiger partial charge in [0.05, 0.1) is 24.6 Å². The number of nitrogens with zero attached hydrogens (tertiary/aromatic N) is 2. The van der Waals surface area contributed by atoms with Gasteiger partial charge in [-0.1, -0.05) is 20.3 Å². The highest BCUT2D eigenvalue weighted by atomic mass is 19.1. The van der Waals surface area contributed by atoms with E-state index in [1.54, 1.807) is 0 Å². The van der Waals surface area contributed by atoms with Crippen LogP contribution >= 0.6 is 0 Å². The van der Waals surface area contributed by atoms with Crippen molar-refractivity contribution in [3.63, 3.8) is 0 Å². The summed E-state index contributed by atoms with van der Waals surface area (Å²) in [6.45, 7) is 3.70. The second kappa shape index (κ2) is 6.83. The Morgan fingerprint density at radius 3 is 2.95 bits per heavy atom. The summed E-state index contributed by atoms with van der Waals surface area (Å²) in [6, 6.07) is -0.667. The van der Waals surface area contributed by atoms with Gasteiger partial charge in [-0.05, 0) is 5.92 Å². The van der Waals surface area contributed by atoms with Crippen LogP contribution in [0.15, 0.2) is 12.4 Å². The van der Waals surface area contributed by atoms with Crippen LogP contribution in [0, 0.1) is 11.7 Å². The first-order valence-electron chi connectivity index (χ1n) is 7.21. The fraction of sp³-hybridized carbons (Fsp3) is 0.533. The molecule has 0 fully saturated rings. The number of nitrogens with one attached hydrogen (secondary N) is 1. The second-order valence-electron chi connectivity index (χ2n) is 5.42. The molecule has 1 aromatic heterocycles. The van der Waals surface area contributed by atoms with Gasteiger partial charge < -0.3 is 15.0 Å².